The topological polar surface area (TPSA) is 51.1 Å². The second kappa shape index (κ2) is 6.02. The van der Waals surface area contributed by atoms with E-state index in [2.05, 4.69) is 15.0 Å². The summed E-state index contributed by atoms with van der Waals surface area (Å²) in [5.74, 6) is 0.814. The van der Waals surface area contributed by atoms with E-state index in [1.54, 1.807) is 23.4 Å². The summed E-state index contributed by atoms with van der Waals surface area (Å²) in [6.07, 6.45) is 0.590. The van der Waals surface area contributed by atoms with Crippen molar-refractivity contribution in [2.24, 2.45) is 0 Å². The Kier molecular flexibility index (Phi) is 4.06. The van der Waals surface area contributed by atoms with Gasteiger partial charge in [-0.1, -0.05) is 0 Å². The first-order valence-corrected chi connectivity index (χ1v) is 7.16. The fourth-order valence-electron chi connectivity index (χ4n) is 2.44. The summed E-state index contributed by atoms with van der Waals surface area (Å²) in [4.78, 5) is 13.3. The minimum atomic E-state index is -4.47. The molecule has 1 saturated heterocycles. The Hall–Kier alpha value is -2.38. The number of pyridine rings is 1. The van der Waals surface area contributed by atoms with Crippen LogP contribution in [0.2, 0.25) is 0 Å². The number of alkyl halides is 3. The third kappa shape index (κ3) is 3.52. The Morgan fingerprint density at radius 3 is 2.83 bits per heavy atom. The van der Waals surface area contributed by atoms with Gasteiger partial charge < -0.3 is 9.64 Å². The highest BCUT2D eigenvalue weighted by atomic mass is 19.4. The maximum atomic E-state index is 12.7. The Morgan fingerprint density at radius 1 is 1.26 bits per heavy atom. The molecule has 2 aromatic heterocycles. The molecule has 0 aliphatic carbocycles. The van der Waals surface area contributed by atoms with Crippen molar-refractivity contribution in [3.8, 4) is 5.75 Å². The molecule has 23 heavy (non-hydrogen) atoms. The van der Waals surface area contributed by atoms with E-state index < -0.39 is 11.9 Å². The number of aromatic nitrogens is 3. The van der Waals surface area contributed by atoms with Crippen LogP contribution in [0.3, 0.4) is 0 Å². The van der Waals surface area contributed by atoms with Gasteiger partial charge in [0.1, 0.15) is 17.5 Å². The van der Waals surface area contributed by atoms with Gasteiger partial charge in [-0.05, 0) is 19.1 Å². The lowest BCUT2D eigenvalue weighted by molar-refractivity contribution is -0.141. The van der Waals surface area contributed by atoms with Crippen molar-refractivity contribution in [3.63, 3.8) is 0 Å². The lowest BCUT2D eigenvalue weighted by atomic mass is 10.2. The molecule has 2 aromatic rings. The van der Waals surface area contributed by atoms with Gasteiger partial charge in [0.05, 0.1) is 6.54 Å². The highest BCUT2D eigenvalue weighted by Crippen LogP contribution is 2.29. The maximum Gasteiger partial charge on any atom is 0.433 e. The van der Waals surface area contributed by atoms with Crippen LogP contribution in [-0.4, -0.2) is 34.1 Å². The summed E-state index contributed by atoms with van der Waals surface area (Å²) >= 11 is 0. The summed E-state index contributed by atoms with van der Waals surface area (Å²) in [6, 6.07) is 2.65. The number of anilines is 1. The van der Waals surface area contributed by atoms with Gasteiger partial charge in [-0.25, -0.2) is 9.97 Å². The molecule has 0 spiro atoms. The third-order valence-electron chi connectivity index (χ3n) is 3.62. The first kappa shape index (κ1) is 15.5. The van der Waals surface area contributed by atoms with E-state index in [1.807, 2.05) is 6.92 Å². The largest absolute Gasteiger partial charge is 0.488 e. The molecule has 122 valence electrons. The Morgan fingerprint density at radius 2 is 2.09 bits per heavy atom. The quantitative estimate of drug-likeness (QED) is 0.869. The van der Waals surface area contributed by atoms with Gasteiger partial charge in [0, 0.05) is 37.1 Å². The molecule has 1 fully saturated rings. The molecule has 0 aromatic carbocycles. The van der Waals surface area contributed by atoms with Crippen molar-refractivity contribution in [2.45, 2.75) is 25.6 Å². The monoisotopic (exact) mass is 324 g/mol. The van der Waals surface area contributed by atoms with Crippen LogP contribution < -0.4 is 9.64 Å². The molecule has 0 radical (unpaired) electrons. The van der Waals surface area contributed by atoms with Crippen LogP contribution in [0.25, 0.3) is 0 Å². The van der Waals surface area contributed by atoms with E-state index in [4.69, 9.17) is 4.74 Å². The number of nitrogens with zero attached hydrogens (tertiary/aromatic N) is 4. The first-order valence-electron chi connectivity index (χ1n) is 7.16. The van der Waals surface area contributed by atoms with E-state index >= 15 is 0 Å². The molecule has 0 N–H and O–H groups in total. The van der Waals surface area contributed by atoms with Crippen molar-refractivity contribution in [3.05, 3.63) is 42.0 Å². The molecule has 8 heteroatoms. The molecule has 1 atom stereocenters. The number of hydrogen-bond donors (Lipinski definition) is 0. The fraction of sp³-hybridized carbons (Fsp3) is 0.400. The van der Waals surface area contributed by atoms with Crippen LogP contribution in [0.4, 0.5) is 19.1 Å². The summed E-state index contributed by atoms with van der Waals surface area (Å²) in [7, 11) is 0. The Labute approximate surface area is 131 Å². The second-order valence-electron chi connectivity index (χ2n) is 5.36. The van der Waals surface area contributed by atoms with Gasteiger partial charge in [0.15, 0.2) is 0 Å². The lowest BCUT2D eigenvalue weighted by Crippen LogP contribution is -2.27. The minimum Gasteiger partial charge on any atom is -0.488 e. The zero-order valence-corrected chi connectivity index (χ0v) is 12.4. The van der Waals surface area contributed by atoms with Crippen LogP contribution >= 0.6 is 0 Å². The van der Waals surface area contributed by atoms with Crippen LogP contribution in [0.5, 0.6) is 5.75 Å². The number of hydrogen-bond acceptors (Lipinski definition) is 5. The Balaban J connectivity index is 1.69. The smallest absolute Gasteiger partial charge is 0.433 e. The van der Waals surface area contributed by atoms with Gasteiger partial charge in [-0.15, -0.1) is 0 Å². The van der Waals surface area contributed by atoms with Crippen LogP contribution in [0.15, 0.2) is 30.7 Å². The fourth-order valence-corrected chi connectivity index (χ4v) is 2.44. The van der Waals surface area contributed by atoms with Crippen molar-refractivity contribution in [2.75, 3.05) is 18.0 Å². The molecule has 0 saturated carbocycles. The SMILES string of the molecule is Cc1cnccc1OC1CCN(c2nccc(C(F)(F)F)n2)C1. The molecule has 0 bridgehead atoms. The van der Waals surface area contributed by atoms with Gasteiger partial charge in [-0.3, -0.25) is 4.98 Å². The summed E-state index contributed by atoms with van der Waals surface area (Å²) in [5, 5.41) is 0. The third-order valence-corrected chi connectivity index (χ3v) is 3.62. The summed E-state index contributed by atoms with van der Waals surface area (Å²) < 4.78 is 44.1. The molecular formula is C15H15F3N4O. The van der Waals surface area contributed by atoms with E-state index in [0.717, 1.165) is 23.6 Å². The van der Waals surface area contributed by atoms with Gasteiger partial charge in [-0.2, -0.15) is 13.2 Å². The summed E-state index contributed by atoms with van der Waals surface area (Å²) in [5.41, 5.74) is -0.0156. The summed E-state index contributed by atoms with van der Waals surface area (Å²) in [6.45, 7) is 2.89. The van der Waals surface area contributed by atoms with E-state index in [0.29, 0.717) is 19.5 Å². The molecule has 0 amide bonds. The average molecular weight is 324 g/mol. The second-order valence-corrected chi connectivity index (χ2v) is 5.36. The van der Waals surface area contributed by atoms with Crippen LogP contribution in [0.1, 0.15) is 17.7 Å². The molecule has 1 unspecified atom stereocenters. The molecule has 1 aliphatic rings. The van der Waals surface area contributed by atoms with Crippen molar-refractivity contribution in [1.29, 1.82) is 0 Å². The highest BCUT2D eigenvalue weighted by Gasteiger charge is 2.34. The van der Waals surface area contributed by atoms with Crippen LogP contribution in [0, 0.1) is 6.92 Å². The van der Waals surface area contributed by atoms with Crippen LogP contribution in [-0.2, 0) is 6.18 Å². The van der Waals surface area contributed by atoms with Gasteiger partial charge >= 0.3 is 6.18 Å². The van der Waals surface area contributed by atoms with E-state index in [9.17, 15) is 13.2 Å². The first-order chi connectivity index (χ1) is 10.9. The highest BCUT2D eigenvalue weighted by molar-refractivity contribution is 5.34. The van der Waals surface area contributed by atoms with E-state index in [-0.39, 0.29) is 12.1 Å². The standard InChI is InChI=1S/C15H15F3N4O/c1-10-8-19-5-2-12(10)23-11-4-7-22(9-11)14-20-6-3-13(21-14)15(16,17)18/h2-3,5-6,8,11H,4,7,9H2,1H3. The van der Waals surface area contributed by atoms with Crippen molar-refractivity contribution < 1.29 is 17.9 Å². The lowest BCUT2D eigenvalue weighted by Gasteiger charge is -2.18. The maximum absolute atomic E-state index is 12.7. The molecule has 1 aliphatic heterocycles. The predicted octanol–water partition coefficient (Wildman–Crippen LogP) is 2.86. The zero-order chi connectivity index (χ0) is 16.4. The predicted molar refractivity (Wildman–Crippen MR) is 77.3 cm³/mol. The number of ether oxygens (including phenoxy) is 1. The number of halogens is 3. The molecule has 3 rings (SSSR count). The minimum absolute atomic E-state index is 0.0809. The van der Waals surface area contributed by atoms with Gasteiger partial charge in [0.25, 0.3) is 0 Å². The number of aryl methyl sites for hydroxylation is 1. The van der Waals surface area contributed by atoms with Crippen molar-refractivity contribution >= 4 is 5.95 Å². The van der Waals surface area contributed by atoms with Gasteiger partial charge in [0.2, 0.25) is 5.95 Å². The molecule has 5 nitrogen and oxygen atoms in total. The normalized spacial score (nSPS) is 18.3. The number of rotatable bonds is 3. The molecular weight excluding hydrogens is 309 g/mol. The zero-order valence-electron chi connectivity index (χ0n) is 12.4. The van der Waals surface area contributed by atoms with E-state index in [1.165, 1.54) is 0 Å². The Bertz CT molecular complexity index is 692. The average Bonchev–Trinajstić information content (AvgIpc) is 2.98. The molecule has 3 heterocycles. The van der Waals surface area contributed by atoms with Crippen molar-refractivity contribution in [1.82, 2.24) is 15.0 Å².